The van der Waals surface area contributed by atoms with E-state index in [1.165, 1.54) is 50.9 Å². The molecule has 0 aliphatic heterocycles. The molecule has 0 spiro atoms. The van der Waals surface area contributed by atoms with E-state index < -0.39 is 22.9 Å². The number of aromatic nitrogens is 3. The second-order valence-electron chi connectivity index (χ2n) is 8.98. The molecule has 0 amide bonds. The molecule has 0 atom stereocenters. The highest BCUT2D eigenvalue weighted by Crippen LogP contribution is 2.36. The summed E-state index contributed by atoms with van der Waals surface area (Å²) in [6.07, 6.45) is 3.33. The number of rotatable bonds is 15. The SMILES string of the molecule is CCCCCCCn1nc(CCC)cc1NCCc1csc(SC(C)(C)C(=O)OC(=O)C(F)(F)F)n1. The molecule has 0 aliphatic rings. The van der Waals surface area contributed by atoms with E-state index in [4.69, 9.17) is 5.10 Å². The number of unbranched alkanes of at least 4 members (excludes halogenated alkanes) is 4. The Hall–Kier alpha value is -2.08. The van der Waals surface area contributed by atoms with Gasteiger partial charge in [0.1, 0.15) is 10.6 Å². The van der Waals surface area contributed by atoms with Crippen LogP contribution in [0.1, 0.15) is 77.6 Å². The second-order valence-corrected chi connectivity index (χ2v) is 11.7. The molecule has 2 rings (SSSR count). The van der Waals surface area contributed by atoms with Gasteiger partial charge in [0.15, 0.2) is 4.34 Å². The number of hydrogen-bond donors (Lipinski definition) is 1. The van der Waals surface area contributed by atoms with E-state index in [1.807, 2.05) is 10.1 Å². The predicted molar refractivity (Wildman–Crippen MR) is 136 cm³/mol. The lowest BCUT2D eigenvalue weighted by molar-refractivity contribution is -0.202. The molecule has 1 N–H and O–H groups in total. The summed E-state index contributed by atoms with van der Waals surface area (Å²) in [5.74, 6) is -2.80. The molecule has 2 aromatic heterocycles. The first-order valence-electron chi connectivity index (χ1n) is 12.2. The Morgan fingerprint density at radius 3 is 2.44 bits per heavy atom. The maximum absolute atomic E-state index is 12.4. The van der Waals surface area contributed by atoms with Gasteiger partial charge < -0.3 is 10.1 Å². The van der Waals surface area contributed by atoms with Crippen LogP contribution < -0.4 is 5.32 Å². The number of carbonyl (C=O) groups excluding carboxylic acids is 2. The number of alkyl halides is 3. The van der Waals surface area contributed by atoms with Crippen molar-refractivity contribution in [3.8, 4) is 0 Å². The molecule has 7 nitrogen and oxygen atoms in total. The Kier molecular flexibility index (Phi) is 11.7. The first-order chi connectivity index (χ1) is 17.0. The number of halogens is 3. The summed E-state index contributed by atoms with van der Waals surface area (Å²) in [4.78, 5) is 27.5. The number of carbonyl (C=O) groups is 2. The number of nitrogens with one attached hydrogen (secondary N) is 1. The van der Waals surface area contributed by atoms with E-state index in [0.29, 0.717) is 17.3 Å². The Balaban J connectivity index is 1.90. The van der Waals surface area contributed by atoms with Gasteiger partial charge in [-0.2, -0.15) is 18.3 Å². The fourth-order valence-electron chi connectivity index (χ4n) is 3.32. The van der Waals surface area contributed by atoms with Crippen LogP contribution in [0.2, 0.25) is 0 Å². The Morgan fingerprint density at radius 1 is 1.06 bits per heavy atom. The largest absolute Gasteiger partial charge is 0.491 e. The lowest BCUT2D eigenvalue weighted by atomic mass is 10.1. The number of thiazole rings is 1. The van der Waals surface area contributed by atoms with Crippen molar-refractivity contribution in [2.75, 3.05) is 11.9 Å². The average molecular weight is 549 g/mol. The van der Waals surface area contributed by atoms with Crippen LogP contribution in [0, 0.1) is 0 Å². The summed E-state index contributed by atoms with van der Waals surface area (Å²) in [6, 6.07) is 2.09. The molecule has 0 unspecified atom stereocenters. The molecule has 0 fully saturated rings. The van der Waals surface area contributed by atoms with Gasteiger partial charge in [0.25, 0.3) is 0 Å². The minimum atomic E-state index is -5.22. The van der Waals surface area contributed by atoms with Gasteiger partial charge in [-0.1, -0.05) is 57.7 Å². The van der Waals surface area contributed by atoms with Crippen molar-refractivity contribution < 1.29 is 27.5 Å². The molecular formula is C24H35F3N4O3S2. The summed E-state index contributed by atoms with van der Waals surface area (Å²) < 4.78 is 42.3. The van der Waals surface area contributed by atoms with Crippen molar-refractivity contribution >= 4 is 40.9 Å². The first kappa shape index (κ1) is 30.1. The molecule has 2 aromatic rings. The van der Waals surface area contributed by atoms with Crippen molar-refractivity contribution in [2.24, 2.45) is 0 Å². The van der Waals surface area contributed by atoms with E-state index in [0.717, 1.165) is 54.8 Å². The summed E-state index contributed by atoms with van der Waals surface area (Å²) in [6.45, 7) is 8.62. The standard InChI is InChI=1S/C24H35F3N4O3S2/c1-5-7-8-9-10-14-31-19(15-17(30-31)11-6-2)28-13-12-18-16-35-22(29-18)36-23(3,4)20(32)34-21(33)24(25,26)27/h15-16,28H,5-14H2,1-4H3. The number of hydrogen-bond acceptors (Lipinski definition) is 8. The average Bonchev–Trinajstić information content (AvgIpc) is 3.39. The van der Waals surface area contributed by atoms with Crippen molar-refractivity contribution in [2.45, 2.75) is 101 Å². The number of esters is 2. The number of anilines is 1. The van der Waals surface area contributed by atoms with Crippen LogP contribution in [-0.2, 0) is 33.7 Å². The smallest absolute Gasteiger partial charge is 0.385 e. The molecule has 202 valence electrons. The van der Waals surface area contributed by atoms with Gasteiger partial charge in [-0.15, -0.1) is 11.3 Å². The van der Waals surface area contributed by atoms with E-state index >= 15 is 0 Å². The van der Waals surface area contributed by atoms with Crippen LogP contribution in [0.3, 0.4) is 0 Å². The highest BCUT2D eigenvalue weighted by atomic mass is 32.2. The molecule has 0 bridgehead atoms. The summed E-state index contributed by atoms with van der Waals surface area (Å²) in [5.41, 5.74) is 1.86. The molecular weight excluding hydrogens is 513 g/mol. The predicted octanol–water partition coefficient (Wildman–Crippen LogP) is 6.42. The minimum Gasteiger partial charge on any atom is -0.385 e. The van der Waals surface area contributed by atoms with Crippen molar-refractivity contribution in [3.63, 3.8) is 0 Å². The molecule has 12 heteroatoms. The van der Waals surface area contributed by atoms with Crippen LogP contribution in [0.25, 0.3) is 0 Å². The van der Waals surface area contributed by atoms with Gasteiger partial charge in [0.2, 0.25) is 0 Å². The number of thioether (sulfide) groups is 1. The van der Waals surface area contributed by atoms with Gasteiger partial charge in [-0.3, -0.25) is 4.79 Å². The quantitative estimate of drug-likeness (QED) is 0.119. The minimum absolute atomic E-state index is 0.508. The first-order valence-corrected chi connectivity index (χ1v) is 13.9. The lowest BCUT2D eigenvalue weighted by Crippen LogP contribution is -2.36. The highest BCUT2D eigenvalue weighted by Gasteiger charge is 2.45. The molecule has 0 aliphatic carbocycles. The van der Waals surface area contributed by atoms with Gasteiger partial charge >= 0.3 is 18.1 Å². The van der Waals surface area contributed by atoms with Crippen molar-refractivity contribution in [1.29, 1.82) is 0 Å². The molecule has 36 heavy (non-hydrogen) atoms. The van der Waals surface area contributed by atoms with E-state index in [9.17, 15) is 22.8 Å². The Bertz CT molecular complexity index is 990. The maximum atomic E-state index is 12.4. The fourth-order valence-corrected chi connectivity index (χ4v) is 5.58. The zero-order valence-corrected chi connectivity index (χ0v) is 22.9. The number of aryl methyl sites for hydroxylation is 2. The topological polar surface area (TPSA) is 86.1 Å². The second kappa shape index (κ2) is 14.0. The molecule has 0 saturated carbocycles. The molecule has 0 saturated heterocycles. The summed E-state index contributed by atoms with van der Waals surface area (Å²) in [5, 5.41) is 10.0. The van der Waals surface area contributed by atoms with Crippen molar-refractivity contribution in [1.82, 2.24) is 14.8 Å². The highest BCUT2D eigenvalue weighted by molar-refractivity contribution is 8.03. The van der Waals surface area contributed by atoms with Crippen LogP contribution in [-0.4, -0.2) is 44.2 Å². The monoisotopic (exact) mass is 548 g/mol. The number of ether oxygens (including phenoxy) is 1. The van der Waals surface area contributed by atoms with Gasteiger partial charge in [0, 0.05) is 31.0 Å². The van der Waals surface area contributed by atoms with Gasteiger partial charge in [0.05, 0.1) is 11.4 Å². The van der Waals surface area contributed by atoms with Crippen LogP contribution in [0.4, 0.5) is 19.0 Å². The Morgan fingerprint density at radius 2 is 1.78 bits per heavy atom. The third-order valence-corrected chi connectivity index (χ3v) is 7.44. The molecule has 2 heterocycles. The zero-order chi connectivity index (χ0) is 26.8. The van der Waals surface area contributed by atoms with Crippen molar-refractivity contribution in [3.05, 3.63) is 22.8 Å². The zero-order valence-electron chi connectivity index (χ0n) is 21.2. The lowest BCUT2D eigenvalue weighted by Gasteiger charge is -2.19. The third kappa shape index (κ3) is 9.76. The fraction of sp³-hybridized carbons (Fsp3) is 0.667. The summed E-state index contributed by atoms with van der Waals surface area (Å²) in [7, 11) is 0. The summed E-state index contributed by atoms with van der Waals surface area (Å²) >= 11 is 2.25. The van der Waals surface area contributed by atoms with E-state index in [1.54, 1.807) is 0 Å². The maximum Gasteiger partial charge on any atom is 0.491 e. The third-order valence-electron chi connectivity index (χ3n) is 5.28. The van der Waals surface area contributed by atoms with Crippen LogP contribution in [0.15, 0.2) is 15.8 Å². The Labute approximate surface area is 218 Å². The van der Waals surface area contributed by atoms with E-state index in [-0.39, 0.29) is 0 Å². The van der Waals surface area contributed by atoms with Gasteiger partial charge in [-0.05, 0) is 26.7 Å². The van der Waals surface area contributed by atoms with Crippen LogP contribution >= 0.6 is 23.1 Å². The number of nitrogens with zero attached hydrogens (tertiary/aromatic N) is 3. The molecule has 0 radical (unpaired) electrons. The van der Waals surface area contributed by atoms with Gasteiger partial charge in [-0.25, -0.2) is 14.5 Å². The molecule has 0 aromatic carbocycles. The normalized spacial score (nSPS) is 12.1. The van der Waals surface area contributed by atoms with Crippen LogP contribution in [0.5, 0.6) is 0 Å². The van der Waals surface area contributed by atoms with E-state index in [2.05, 4.69) is 35.0 Å².